The zero-order chi connectivity index (χ0) is 53.4. The molecule has 1 amide bonds. The third kappa shape index (κ3) is 60.7. The van der Waals surface area contributed by atoms with Crippen molar-refractivity contribution >= 4 is 5.91 Å². The highest BCUT2D eigenvalue weighted by Crippen LogP contribution is 2.18. The number of carbonyl (C=O) groups excluding carboxylic acids is 1. The summed E-state index contributed by atoms with van der Waals surface area (Å²) >= 11 is 0. The quantitative estimate of drug-likeness (QED) is 0.0420. The molecular weight excluding hydrogens is 903 g/mol. The van der Waals surface area contributed by atoms with Crippen LogP contribution in [-0.4, -0.2) is 34.9 Å². The summed E-state index contributed by atoms with van der Waals surface area (Å²) in [4.78, 5) is 12.5. The monoisotopic (exact) mass is 1030 g/mol. The third-order valence-electron chi connectivity index (χ3n) is 15.2. The van der Waals surface area contributed by atoms with Crippen LogP contribution in [0.15, 0.2) is 72.9 Å². The zero-order valence-electron chi connectivity index (χ0n) is 49.9. The van der Waals surface area contributed by atoms with E-state index in [1.54, 1.807) is 6.08 Å². The van der Waals surface area contributed by atoms with Gasteiger partial charge in [-0.1, -0.05) is 350 Å². The second-order valence-electron chi connectivity index (χ2n) is 22.5. The van der Waals surface area contributed by atoms with Gasteiger partial charge in [-0.2, -0.15) is 0 Å². The number of aliphatic hydroxyl groups excluding tert-OH is 2. The zero-order valence-corrected chi connectivity index (χ0v) is 49.9. The fourth-order valence-corrected chi connectivity index (χ4v) is 10.2. The molecule has 0 aliphatic rings. The van der Waals surface area contributed by atoms with E-state index in [9.17, 15) is 15.0 Å². The van der Waals surface area contributed by atoms with E-state index in [1.807, 2.05) is 6.08 Å². The number of unbranched alkanes of at least 4 members (excludes halogenated alkanes) is 44. The number of aliphatic hydroxyl groups is 2. The van der Waals surface area contributed by atoms with E-state index >= 15 is 0 Å². The SMILES string of the molecule is CC/C=C\C/C=C\C/C=C\C/C=C\C/C=C\CCCCCCCCCCCCCCCCCCCCCCCC(=O)NC(CO)C(O)/C=C/CCCCCCCCCCCCCCCCCCCCCCCCC. The Morgan fingerprint density at radius 3 is 0.892 bits per heavy atom. The van der Waals surface area contributed by atoms with E-state index < -0.39 is 12.1 Å². The molecule has 0 aromatic rings. The summed E-state index contributed by atoms with van der Waals surface area (Å²) in [6.45, 7) is 4.23. The van der Waals surface area contributed by atoms with Gasteiger partial charge in [0, 0.05) is 6.42 Å². The molecule has 0 rings (SSSR count). The van der Waals surface area contributed by atoms with Gasteiger partial charge in [0.1, 0.15) is 0 Å². The molecular formula is C70H129NO3. The van der Waals surface area contributed by atoms with Crippen LogP contribution in [0.4, 0.5) is 0 Å². The Labute approximate surface area is 463 Å². The second kappa shape index (κ2) is 65.1. The minimum atomic E-state index is -0.841. The van der Waals surface area contributed by atoms with E-state index in [2.05, 4.69) is 79.9 Å². The molecule has 4 nitrogen and oxygen atoms in total. The minimum absolute atomic E-state index is 0.0585. The first-order valence-electron chi connectivity index (χ1n) is 33.2. The lowest BCUT2D eigenvalue weighted by atomic mass is 10.0. The Morgan fingerprint density at radius 2 is 0.595 bits per heavy atom. The Balaban J connectivity index is 3.44. The highest BCUT2D eigenvalue weighted by molar-refractivity contribution is 5.76. The van der Waals surface area contributed by atoms with Gasteiger partial charge in [-0.15, -0.1) is 0 Å². The lowest BCUT2D eigenvalue weighted by Crippen LogP contribution is -2.45. The van der Waals surface area contributed by atoms with Crippen molar-refractivity contribution in [3.8, 4) is 0 Å². The van der Waals surface area contributed by atoms with Crippen LogP contribution >= 0.6 is 0 Å². The molecule has 2 atom stereocenters. The largest absolute Gasteiger partial charge is 0.394 e. The number of allylic oxidation sites excluding steroid dienone is 11. The number of hydrogen-bond donors (Lipinski definition) is 3. The molecule has 2 unspecified atom stereocenters. The summed E-state index contributed by atoms with van der Waals surface area (Å²) in [6, 6.07) is -0.624. The van der Waals surface area contributed by atoms with Crippen molar-refractivity contribution in [3.05, 3.63) is 72.9 Å². The molecule has 0 aromatic carbocycles. The number of nitrogens with one attached hydrogen (secondary N) is 1. The van der Waals surface area contributed by atoms with Gasteiger partial charge >= 0.3 is 0 Å². The van der Waals surface area contributed by atoms with E-state index in [0.29, 0.717) is 6.42 Å². The van der Waals surface area contributed by atoms with Gasteiger partial charge in [0.25, 0.3) is 0 Å². The summed E-state index contributed by atoms with van der Waals surface area (Å²) in [5.74, 6) is -0.0585. The van der Waals surface area contributed by atoms with Gasteiger partial charge in [0.15, 0.2) is 0 Å². The van der Waals surface area contributed by atoms with Crippen LogP contribution in [-0.2, 0) is 4.79 Å². The first kappa shape index (κ1) is 71.8. The first-order chi connectivity index (χ1) is 36.7. The van der Waals surface area contributed by atoms with E-state index in [1.165, 1.54) is 270 Å². The van der Waals surface area contributed by atoms with E-state index in [0.717, 1.165) is 57.8 Å². The Hall–Kier alpha value is -2.17. The standard InChI is InChI=1S/C70H129NO3/c1-3-5-7-9-11-13-15-17-19-21-23-25-27-29-30-31-32-33-34-35-36-37-38-39-40-42-44-46-48-50-52-54-56-58-60-62-64-66-70(74)71-68(67-72)69(73)65-63-61-59-57-55-53-51-49-47-45-43-41-28-26-24-22-20-18-16-14-12-10-8-6-4-2/h5,7,11,13,17,19,23,25,29-30,63,65,68-69,72-73H,3-4,6,8-10,12,14-16,18,20-22,24,26-28,31-62,64,66-67H2,1-2H3,(H,71,74)/b7-5-,13-11-,19-17-,25-23-,30-29-,65-63+. The Kier molecular flexibility index (Phi) is 63.2. The third-order valence-corrected chi connectivity index (χ3v) is 15.2. The predicted molar refractivity (Wildman–Crippen MR) is 331 cm³/mol. The number of amides is 1. The molecule has 3 N–H and O–H groups in total. The smallest absolute Gasteiger partial charge is 0.220 e. The van der Waals surface area contributed by atoms with Crippen LogP contribution in [0, 0.1) is 0 Å². The second-order valence-corrected chi connectivity index (χ2v) is 22.5. The molecule has 0 aliphatic heterocycles. The maximum atomic E-state index is 12.5. The molecule has 0 spiro atoms. The fraction of sp³-hybridized carbons (Fsp3) is 0.814. The summed E-state index contributed by atoms with van der Waals surface area (Å²) in [6.07, 6.45) is 94.0. The molecule has 0 heterocycles. The number of hydrogen-bond acceptors (Lipinski definition) is 3. The number of rotatable bonds is 61. The topological polar surface area (TPSA) is 69.6 Å². The molecule has 0 saturated heterocycles. The Bertz CT molecular complexity index is 1260. The summed E-state index contributed by atoms with van der Waals surface area (Å²) in [5.41, 5.74) is 0. The van der Waals surface area contributed by atoms with Crippen molar-refractivity contribution in [3.63, 3.8) is 0 Å². The van der Waals surface area contributed by atoms with Gasteiger partial charge < -0.3 is 15.5 Å². The average molecular weight is 1030 g/mol. The molecule has 0 aliphatic carbocycles. The molecule has 432 valence electrons. The van der Waals surface area contributed by atoms with Crippen LogP contribution < -0.4 is 5.32 Å². The van der Waals surface area contributed by atoms with Crippen LogP contribution in [0.5, 0.6) is 0 Å². The summed E-state index contributed by atoms with van der Waals surface area (Å²) in [5, 5.41) is 23.3. The summed E-state index contributed by atoms with van der Waals surface area (Å²) < 4.78 is 0. The van der Waals surface area contributed by atoms with Crippen LogP contribution in [0.25, 0.3) is 0 Å². The Morgan fingerprint density at radius 1 is 0.338 bits per heavy atom. The lowest BCUT2D eigenvalue weighted by molar-refractivity contribution is -0.123. The molecule has 4 heteroatoms. The lowest BCUT2D eigenvalue weighted by Gasteiger charge is -2.20. The van der Waals surface area contributed by atoms with Crippen molar-refractivity contribution in [2.24, 2.45) is 0 Å². The molecule has 74 heavy (non-hydrogen) atoms. The maximum absolute atomic E-state index is 12.5. The molecule has 0 bridgehead atoms. The van der Waals surface area contributed by atoms with Gasteiger partial charge in [0.2, 0.25) is 5.91 Å². The van der Waals surface area contributed by atoms with Gasteiger partial charge in [-0.3, -0.25) is 4.79 Å². The van der Waals surface area contributed by atoms with Crippen molar-refractivity contribution in [2.45, 2.75) is 360 Å². The van der Waals surface area contributed by atoms with Crippen LogP contribution in [0.3, 0.4) is 0 Å². The molecule has 0 fully saturated rings. The highest BCUT2D eigenvalue weighted by atomic mass is 16.3. The maximum Gasteiger partial charge on any atom is 0.220 e. The van der Waals surface area contributed by atoms with E-state index in [4.69, 9.17) is 0 Å². The van der Waals surface area contributed by atoms with Gasteiger partial charge in [-0.25, -0.2) is 0 Å². The minimum Gasteiger partial charge on any atom is -0.394 e. The average Bonchev–Trinajstić information content (AvgIpc) is 3.40. The number of carbonyl (C=O) groups is 1. The predicted octanol–water partition coefficient (Wildman–Crippen LogP) is 22.5. The first-order valence-corrected chi connectivity index (χ1v) is 33.2. The van der Waals surface area contributed by atoms with Crippen molar-refractivity contribution in [2.75, 3.05) is 6.61 Å². The van der Waals surface area contributed by atoms with Gasteiger partial charge in [0.05, 0.1) is 18.8 Å². The van der Waals surface area contributed by atoms with Crippen LogP contribution in [0.2, 0.25) is 0 Å². The van der Waals surface area contributed by atoms with Crippen LogP contribution in [0.1, 0.15) is 348 Å². The summed E-state index contributed by atoms with van der Waals surface area (Å²) in [7, 11) is 0. The molecule has 0 saturated carbocycles. The molecule has 0 radical (unpaired) electrons. The fourth-order valence-electron chi connectivity index (χ4n) is 10.2. The van der Waals surface area contributed by atoms with Crippen molar-refractivity contribution in [1.29, 1.82) is 0 Å². The van der Waals surface area contributed by atoms with E-state index in [-0.39, 0.29) is 12.5 Å². The van der Waals surface area contributed by atoms with Crippen molar-refractivity contribution < 1.29 is 15.0 Å². The van der Waals surface area contributed by atoms with Crippen molar-refractivity contribution in [1.82, 2.24) is 5.32 Å². The molecule has 0 aromatic heterocycles. The van der Waals surface area contributed by atoms with Gasteiger partial charge in [-0.05, 0) is 64.2 Å². The highest BCUT2D eigenvalue weighted by Gasteiger charge is 2.18. The normalized spacial score (nSPS) is 13.2.